The number of para-hydroxylation sites is 1. The Morgan fingerprint density at radius 1 is 1.21 bits per heavy atom. The van der Waals surface area contributed by atoms with Crippen molar-refractivity contribution in [2.24, 2.45) is 10.9 Å². The predicted octanol–water partition coefficient (Wildman–Crippen LogP) is 6.03. The van der Waals surface area contributed by atoms with Gasteiger partial charge in [-0.25, -0.2) is 4.99 Å². The van der Waals surface area contributed by atoms with Gasteiger partial charge in [-0.2, -0.15) is 5.26 Å². The molecule has 1 aliphatic rings. The molecule has 0 aromatic heterocycles. The number of nitrogens with zero attached hydrogens (tertiary/aromatic N) is 2. The van der Waals surface area contributed by atoms with Crippen molar-refractivity contribution < 1.29 is 4.79 Å². The molecule has 0 spiro atoms. The van der Waals surface area contributed by atoms with Gasteiger partial charge in [0.2, 0.25) is 0 Å². The monoisotopic (exact) mass is 423 g/mol. The zero-order valence-electron chi connectivity index (χ0n) is 16.4. The maximum absolute atomic E-state index is 13.3. The molecule has 2 atom stereocenters. The number of amides is 1. The highest BCUT2D eigenvalue weighted by molar-refractivity contribution is 8.14. The minimum Gasteiger partial charge on any atom is -0.322 e. The lowest BCUT2D eigenvalue weighted by Gasteiger charge is -2.30. The molecule has 1 N–H and O–H groups in total. The lowest BCUT2D eigenvalue weighted by molar-refractivity contribution is -0.113. The fraction of sp³-hybridized carbons (Fsp3) is 0.261. The number of hydrogen-bond acceptors (Lipinski definition) is 4. The lowest BCUT2D eigenvalue weighted by atomic mass is 9.78. The maximum atomic E-state index is 13.3. The van der Waals surface area contributed by atoms with Crippen LogP contribution in [0.15, 0.2) is 70.9 Å². The van der Waals surface area contributed by atoms with Crippen molar-refractivity contribution in [3.63, 3.8) is 0 Å². The molecule has 2 aromatic carbocycles. The fourth-order valence-corrected chi connectivity index (χ4v) is 4.61. The second kappa shape index (κ2) is 9.78. The van der Waals surface area contributed by atoms with E-state index in [9.17, 15) is 10.1 Å². The van der Waals surface area contributed by atoms with Crippen LogP contribution in [0, 0.1) is 17.2 Å². The van der Waals surface area contributed by atoms with E-state index in [0.717, 1.165) is 22.8 Å². The minimum atomic E-state index is -0.563. The van der Waals surface area contributed by atoms with Gasteiger partial charge in [-0.1, -0.05) is 54.9 Å². The van der Waals surface area contributed by atoms with Gasteiger partial charge in [0.05, 0.1) is 11.1 Å². The number of allylic oxidation sites excluding steroid dienone is 1. The number of benzene rings is 2. The summed E-state index contributed by atoms with van der Waals surface area (Å²) in [5.74, 6) is -0.437. The third-order valence-corrected chi connectivity index (χ3v) is 6.29. The number of rotatable bonds is 5. The standard InChI is InChI=1S/C23H22ClN3OS/c1-3-13-29-23-18(14-25)21(17-11-7-8-12-19(17)24)20(15(2)26-23)22(28)27-16-9-5-4-6-10-16/h4-12,18,21H,3,13H2,1-2H3,(H,27,28)/t18?,21-/m0/s1. The van der Waals surface area contributed by atoms with E-state index in [1.165, 1.54) is 0 Å². The van der Waals surface area contributed by atoms with Crippen LogP contribution in [0.3, 0.4) is 0 Å². The van der Waals surface area contributed by atoms with Crippen LogP contribution in [0.5, 0.6) is 0 Å². The van der Waals surface area contributed by atoms with Crippen LogP contribution in [0.2, 0.25) is 5.02 Å². The number of nitrogens with one attached hydrogen (secondary N) is 1. The van der Waals surface area contributed by atoms with Crippen molar-refractivity contribution in [2.45, 2.75) is 26.2 Å². The van der Waals surface area contributed by atoms with Crippen LogP contribution in [0.1, 0.15) is 31.7 Å². The summed E-state index contributed by atoms with van der Waals surface area (Å²) in [6.07, 6.45) is 0.975. The van der Waals surface area contributed by atoms with Gasteiger partial charge >= 0.3 is 0 Å². The Bertz CT molecular complexity index is 995. The van der Waals surface area contributed by atoms with E-state index in [-0.39, 0.29) is 5.91 Å². The molecule has 0 saturated carbocycles. The van der Waals surface area contributed by atoms with E-state index in [1.807, 2.05) is 55.5 Å². The highest BCUT2D eigenvalue weighted by Gasteiger charge is 2.39. The highest BCUT2D eigenvalue weighted by atomic mass is 35.5. The summed E-state index contributed by atoms with van der Waals surface area (Å²) in [5.41, 5.74) is 2.56. The van der Waals surface area contributed by atoms with E-state index in [1.54, 1.807) is 17.8 Å². The van der Waals surface area contributed by atoms with Crippen LogP contribution in [-0.4, -0.2) is 16.7 Å². The number of aliphatic imine (C=N–C) groups is 1. The molecule has 1 unspecified atom stereocenters. The summed E-state index contributed by atoms with van der Waals surface area (Å²) < 4.78 is 0. The predicted molar refractivity (Wildman–Crippen MR) is 121 cm³/mol. The van der Waals surface area contributed by atoms with Gasteiger partial charge in [-0.05, 0) is 42.9 Å². The number of nitriles is 1. The molecule has 0 aliphatic carbocycles. The van der Waals surface area contributed by atoms with Gasteiger partial charge in [0, 0.05) is 27.9 Å². The molecule has 1 heterocycles. The molecule has 0 bridgehead atoms. The Hall–Kier alpha value is -2.55. The molecule has 0 saturated heterocycles. The first-order valence-electron chi connectivity index (χ1n) is 9.49. The van der Waals surface area contributed by atoms with E-state index in [2.05, 4.69) is 23.3 Å². The zero-order valence-corrected chi connectivity index (χ0v) is 17.9. The smallest absolute Gasteiger partial charge is 0.254 e. The molecule has 4 nitrogen and oxygen atoms in total. The SMILES string of the molecule is CCCSC1=NC(C)=C(C(=O)Nc2ccccc2)[C@@H](c2ccccc2Cl)C1C#N. The molecule has 0 fully saturated rings. The first-order chi connectivity index (χ1) is 14.1. The molecule has 3 rings (SSSR count). The van der Waals surface area contributed by atoms with E-state index < -0.39 is 11.8 Å². The summed E-state index contributed by atoms with van der Waals surface area (Å²) in [4.78, 5) is 17.9. The number of anilines is 1. The molecule has 29 heavy (non-hydrogen) atoms. The average Bonchev–Trinajstić information content (AvgIpc) is 2.72. The molecule has 1 aliphatic heterocycles. The molecular weight excluding hydrogens is 402 g/mol. The van der Waals surface area contributed by atoms with Crippen molar-refractivity contribution in [3.8, 4) is 6.07 Å². The van der Waals surface area contributed by atoms with Crippen molar-refractivity contribution in [1.29, 1.82) is 5.26 Å². The quantitative estimate of drug-likeness (QED) is 0.638. The van der Waals surface area contributed by atoms with Gasteiger partial charge < -0.3 is 5.32 Å². The fourth-order valence-electron chi connectivity index (χ4n) is 3.38. The summed E-state index contributed by atoms with van der Waals surface area (Å²) >= 11 is 8.07. The minimum absolute atomic E-state index is 0.262. The summed E-state index contributed by atoms with van der Waals surface area (Å²) in [6.45, 7) is 3.91. The molecule has 2 aromatic rings. The first kappa shape index (κ1) is 21.2. The Balaban J connectivity index is 2.09. The number of halogens is 1. The van der Waals surface area contributed by atoms with Gasteiger partial charge in [0.15, 0.2) is 0 Å². The molecule has 0 radical (unpaired) electrons. The Labute approximate surface area is 180 Å². The van der Waals surface area contributed by atoms with Crippen molar-refractivity contribution in [2.75, 3.05) is 11.1 Å². The third-order valence-electron chi connectivity index (χ3n) is 4.69. The first-order valence-corrected chi connectivity index (χ1v) is 10.9. The van der Waals surface area contributed by atoms with Gasteiger partial charge in [0.1, 0.15) is 5.92 Å². The number of hydrogen-bond donors (Lipinski definition) is 1. The van der Waals surface area contributed by atoms with Gasteiger partial charge in [0.25, 0.3) is 5.91 Å². The third kappa shape index (κ3) is 4.72. The molecule has 148 valence electrons. The average molecular weight is 424 g/mol. The van der Waals surface area contributed by atoms with E-state index >= 15 is 0 Å². The van der Waals surface area contributed by atoms with Crippen LogP contribution in [-0.2, 0) is 4.79 Å². The Morgan fingerprint density at radius 3 is 2.55 bits per heavy atom. The largest absolute Gasteiger partial charge is 0.322 e. The van der Waals surface area contributed by atoms with Crippen LogP contribution >= 0.6 is 23.4 Å². The van der Waals surface area contributed by atoms with Crippen molar-refractivity contribution >= 4 is 40.0 Å². The van der Waals surface area contributed by atoms with Crippen LogP contribution < -0.4 is 5.32 Å². The second-order valence-corrected chi connectivity index (χ2v) is 8.25. The second-order valence-electron chi connectivity index (χ2n) is 6.72. The Kier molecular flexibility index (Phi) is 7.13. The summed E-state index contributed by atoms with van der Waals surface area (Å²) in [5, 5.41) is 14.2. The Morgan fingerprint density at radius 2 is 1.90 bits per heavy atom. The van der Waals surface area contributed by atoms with E-state index in [4.69, 9.17) is 11.6 Å². The number of carbonyl (C=O) groups is 1. The number of carbonyl (C=O) groups excluding carboxylic acids is 1. The van der Waals surface area contributed by atoms with Gasteiger partial charge in [-0.15, -0.1) is 11.8 Å². The van der Waals surface area contributed by atoms with Crippen LogP contribution in [0.4, 0.5) is 5.69 Å². The topological polar surface area (TPSA) is 65.2 Å². The van der Waals surface area contributed by atoms with Crippen molar-refractivity contribution in [1.82, 2.24) is 0 Å². The lowest BCUT2D eigenvalue weighted by Crippen LogP contribution is -2.31. The number of thioether (sulfide) groups is 1. The maximum Gasteiger partial charge on any atom is 0.254 e. The van der Waals surface area contributed by atoms with Crippen LogP contribution in [0.25, 0.3) is 0 Å². The van der Waals surface area contributed by atoms with E-state index in [0.29, 0.717) is 22.0 Å². The molecule has 1 amide bonds. The van der Waals surface area contributed by atoms with Gasteiger partial charge in [-0.3, -0.25) is 4.79 Å². The van der Waals surface area contributed by atoms with Crippen molar-refractivity contribution in [3.05, 3.63) is 76.5 Å². The molecule has 6 heteroatoms. The normalized spacial score (nSPS) is 18.8. The highest BCUT2D eigenvalue weighted by Crippen LogP contribution is 2.43. The zero-order chi connectivity index (χ0) is 20.8. The molecular formula is C23H22ClN3OS. The summed E-state index contributed by atoms with van der Waals surface area (Å²) in [6, 6.07) is 19.0. The summed E-state index contributed by atoms with van der Waals surface area (Å²) in [7, 11) is 0.